The largest absolute Gasteiger partial charge is 0.497 e. The quantitative estimate of drug-likeness (QED) is 0.835. The standard InChI is InChI=1S/C20H24FNO3/c1-14(15-7-9-17(21)10-8-15)11-20(24)22(2)13-19(23)16-5-4-6-18(12-16)25-3/h4-10,12,14,19,23H,11,13H2,1-3H3. The highest BCUT2D eigenvalue weighted by Crippen LogP contribution is 2.22. The summed E-state index contributed by atoms with van der Waals surface area (Å²) in [5, 5.41) is 10.4. The monoisotopic (exact) mass is 345 g/mol. The maximum absolute atomic E-state index is 13.0. The molecule has 4 nitrogen and oxygen atoms in total. The molecule has 2 atom stereocenters. The van der Waals surface area contributed by atoms with E-state index in [9.17, 15) is 14.3 Å². The van der Waals surface area contributed by atoms with Gasteiger partial charge in [0.2, 0.25) is 5.91 Å². The van der Waals surface area contributed by atoms with Crippen LogP contribution in [0, 0.1) is 5.82 Å². The molecule has 0 fully saturated rings. The summed E-state index contributed by atoms with van der Waals surface area (Å²) < 4.78 is 18.1. The zero-order valence-corrected chi connectivity index (χ0v) is 14.8. The van der Waals surface area contributed by atoms with E-state index in [0.717, 1.165) is 5.56 Å². The molecule has 1 amide bonds. The smallest absolute Gasteiger partial charge is 0.223 e. The van der Waals surface area contributed by atoms with E-state index in [4.69, 9.17) is 4.74 Å². The summed E-state index contributed by atoms with van der Waals surface area (Å²) in [5.74, 6) is 0.277. The van der Waals surface area contributed by atoms with Crippen molar-refractivity contribution in [2.24, 2.45) is 0 Å². The number of likely N-dealkylation sites (N-methyl/N-ethyl adjacent to an activating group) is 1. The molecular formula is C20H24FNO3. The van der Waals surface area contributed by atoms with Crippen molar-refractivity contribution >= 4 is 5.91 Å². The first kappa shape index (κ1) is 18.9. The third-order valence-electron chi connectivity index (χ3n) is 4.27. The van der Waals surface area contributed by atoms with Crippen LogP contribution in [0.1, 0.15) is 36.5 Å². The highest BCUT2D eigenvalue weighted by Gasteiger charge is 2.18. The molecule has 0 aliphatic rings. The van der Waals surface area contributed by atoms with Crippen LogP contribution in [-0.2, 0) is 4.79 Å². The van der Waals surface area contributed by atoms with E-state index in [1.54, 1.807) is 50.6 Å². The van der Waals surface area contributed by atoms with Gasteiger partial charge in [0, 0.05) is 13.5 Å². The zero-order valence-electron chi connectivity index (χ0n) is 14.8. The average Bonchev–Trinajstić information content (AvgIpc) is 2.62. The summed E-state index contributed by atoms with van der Waals surface area (Å²) in [5.41, 5.74) is 1.61. The molecule has 0 saturated heterocycles. The highest BCUT2D eigenvalue weighted by molar-refractivity contribution is 5.76. The molecule has 0 spiro atoms. The van der Waals surface area contributed by atoms with Crippen LogP contribution in [0.4, 0.5) is 4.39 Å². The Bertz CT molecular complexity index is 702. The lowest BCUT2D eigenvalue weighted by molar-refractivity contribution is -0.131. The van der Waals surface area contributed by atoms with Crippen molar-refractivity contribution in [3.63, 3.8) is 0 Å². The van der Waals surface area contributed by atoms with E-state index < -0.39 is 6.10 Å². The van der Waals surface area contributed by atoms with Crippen LogP contribution >= 0.6 is 0 Å². The first-order valence-corrected chi connectivity index (χ1v) is 8.22. The number of aliphatic hydroxyl groups excluding tert-OH is 1. The summed E-state index contributed by atoms with van der Waals surface area (Å²) in [7, 11) is 3.24. The number of methoxy groups -OCH3 is 1. The van der Waals surface area contributed by atoms with E-state index in [1.807, 2.05) is 6.92 Å². The number of hydrogen-bond acceptors (Lipinski definition) is 3. The van der Waals surface area contributed by atoms with Crippen LogP contribution in [0.5, 0.6) is 5.75 Å². The van der Waals surface area contributed by atoms with E-state index in [1.165, 1.54) is 17.0 Å². The number of halogens is 1. The van der Waals surface area contributed by atoms with Crippen molar-refractivity contribution in [2.75, 3.05) is 20.7 Å². The van der Waals surface area contributed by atoms with Gasteiger partial charge in [0.05, 0.1) is 19.8 Å². The van der Waals surface area contributed by atoms with Gasteiger partial charge in [0.1, 0.15) is 11.6 Å². The molecule has 0 aromatic heterocycles. The minimum atomic E-state index is -0.787. The molecule has 0 saturated carbocycles. The Kier molecular flexibility index (Phi) is 6.53. The third-order valence-corrected chi connectivity index (χ3v) is 4.27. The lowest BCUT2D eigenvalue weighted by atomic mass is 9.97. The molecule has 2 rings (SSSR count). The molecule has 0 radical (unpaired) electrons. The Labute approximate surface area is 147 Å². The molecule has 0 aliphatic carbocycles. The maximum atomic E-state index is 13.0. The molecule has 25 heavy (non-hydrogen) atoms. The van der Waals surface area contributed by atoms with Crippen molar-refractivity contribution in [1.29, 1.82) is 0 Å². The molecule has 2 unspecified atom stereocenters. The lowest BCUT2D eigenvalue weighted by Gasteiger charge is -2.23. The van der Waals surface area contributed by atoms with E-state index in [-0.39, 0.29) is 24.2 Å². The van der Waals surface area contributed by atoms with Crippen molar-refractivity contribution in [3.05, 3.63) is 65.5 Å². The first-order valence-electron chi connectivity index (χ1n) is 8.22. The summed E-state index contributed by atoms with van der Waals surface area (Å²) in [4.78, 5) is 13.9. The SMILES string of the molecule is COc1cccc(C(O)CN(C)C(=O)CC(C)c2ccc(F)cc2)c1. The molecule has 134 valence electrons. The van der Waals surface area contributed by atoms with Crippen molar-refractivity contribution in [1.82, 2.24) is 4.90 Å². The predicted octanol–water partition coefficient (Wildman–Crippen LogP) is 3.52. The predicted molar refractivity (Wildman–Crippen MR) is 95.0 cm³/mol. The first-order chi connectivity index (χ1) is 11.9. The van der Waals surface area contributed by atoms with E-state index >= 15 is 0 Å². The van der Waals surface area contributed by atoms with Crippen LogP contribution in [-0.4, -0.2) is 36.6 Å². The maximum Gasteiger partial charge on any atom is 0.223 e. The number of rotatable bonds is 7. The molecule has 0 bridgehead atoms. The molecule has 2 aromatic rings. The minimum Gasteiger partial charge on any atom is -0.497 e. The van der Waals surface area contributed by atoms with Gasteiger partial charge in [-0.3, -0.25) is 4.79 Å². The Morgan fingerprint density at radius 1 is 1.20 bits per heavy atom. The normalized spacial score (nSPS) is 13.2. The number of carbonyl (C=O) groups is 1. The van der Waals surface area contributed by atoms with Crippen LogP contribution in [0.3, 0.4) is 0 Å². The van der Waals surface area contributed by atoms with Gasteiger partial charge in [-0.1, -0.05) is 31.2 Å². The van der Waals surface area contributed by atoms with Crippen molar-refractivity contribution in [3.8, 4) is 5.75 Å². The highest BCUT2D eigenvalue weighted by atomic mass is 19.1. The Morgan fingerprint density at radius 2 is 1.88 bits per heavy atom. The number of hydrogen-bond donors (Lipinski definition) is 1. The fourth-order valence-electron chi connectivity index (χ4n) is 2.64. The molecule has 5 heteroatoms. The zero-order chi connectivity index (χ0) is 18.4. The topological polar surface area (TPSA) is 49.8 Å². The van der Waals surface area contributed by atoms with Crippen molar-refractivity contribution < 1.29 is 19.0 Å². The van der Waals surface area contributed by atoms with Gasteiger partial charge in [-0.25, -0.2) is 4.39 Å². The lowest BCUT2D eigenvalue weighted by Crippen LogP contribution is -2.31. The Morgan fingerprint density at radius 3 is 2.52 bits per heavy atom. The molecule has 0 aliphatic heterocycles. The number of benzene rings is 2. The van der Waals surface area contributed by atoms with Gasteiger partial charge in [0.25, 0.3) is 0 Å². The third kappa shape index (κ3) is 5.29. The van der Waals surface area contributed by atoms with Gasteiger partial charge in [0.15, 0.2) is 0 Å². The van der Waals surface area contributed by atoms with Crippen LogP contribution < -0.4 is 4.74 Å². The fourth-order valence-corrected chi connectivity index (χ4v) is 2.64. The Balaban J connectivity index is 1.93. The van der Waals surface area contributed by atoms with Gasteiger partial charge >= 0.3 is 0 Å². The second-order valence-corrected chi connectivity index (χ2v) is 6.22. The summed E-state index contributed by atoms with van der Waals surface area (Å²) in [6.07, 6.45) is -0.488. The number of carbonyl (C=O) groups excluding carboxylic acids is 1. The van der Waals surface area contributed by atoms with Gasteiger partial charge in [-0.05, 0) is 41.3 Å². The Hall–Kier alpha value is -2.40. The molecule has 2 aromatic carbocycles. The average molecular weight is 345 g/mol. The van der Waals surface area contributed by atoms with Gasteiger partial charge in [-0.15, -0.1) is 0 Å². The summed E-state index contributed by atoms with van der Waals surface area (Å²) >= 11 is 0. The molecule has 0 heterocycles. The summed E-state index contributed by atoms with van der Waals surface area (Å²) in [6.45, 7) is 2.12. The van der Waals surface area contributed by atoms with E-state index in [0.29, 0.717) is 17.7 Å². The van der Waals surface area contributed by atoms with E-state index in [2.05, 4.69) is 0 Å². The summed E-state index contributed by atoms with van der Waals surface area (Å²) in [6, 6.07) is 13.3. The van der Waals surface area contributed by atoms with Gasteiger partial charge in [-0.2, -0.15) is 0 Å². The minimum absolute atomic E-state index is 0.0236. The number of nitrogens with zero attached hydrogens (tertiary/aromatic N) is 1. The van der Waals surface area contributed by atoms with Crippen LogP contribution in [0.15, 0.2) is 48.5 Å². The van der Waals surface area contributed by atoms with Crippen molar-refractivity contribution in [2.45, 2.75) is 25.4 Å². The van der Waals surface area contributed by atoms with Crippen LogP contribution in [0.2, 0.25) is 0 Å². The van der Waals surface area contributed by atoms with Gasteiger partial charge < -0.3 is 14.7 Å². The number of ether oxygens (including phenoxy) is 1. The number of amides is 1. The number of aliphatic hydroxyl groups is 1. The fraction of sp³-hybridized carbons (Fsp3) is 0.350. The van der Waals surface area contributed by atoms with Crippen LogP contribution in [0.25, 0.3) is 0 Å². The molecule has 1 N–H and O–H groups in total. The molecular weight excluding hydrogens is 321 g/mol. The second-order valence-electron chi connectivity index (χ2n) is 6.22. The second kappa shape index (κ2) is 8.62.